The summed E-state index contributed by atoms with van der Waals surface area (Å²) in [4.78, 5) is 16.9. The van der Waals surface area contributed by atoms with E-state index in [0.717, 1.165) is 28.2 Å². The number of hydrogen-bond donors (Lipinski definition) is 1. The van der Waals surface area contributed by atoms with Crippen LogP contribution in [-0.2, 0) is 9.53 Å². The van der Waals surface area contributed by atoms with E-state index >= 15 is 0 Å². The van der Waals surface area contributed by atoms with E-state index in [1.54, 1.807) is 22.5 Å². The molecule has 0 saturated carbocycles. The van der Waals surface area contributed by atoms with Crippen molar-refractivity contribution in [3.05, 3.63) is 54.1 Å². The summed E-state index contributed by atoms with van der Waals surface area (Å²) < 4.78 is 14.1. The highest BCUT2D eigenvalue weighted by Crippen LogP contribution is 2.37. The molecule has 0 saturated heterocycles. The lowest BCUT2D eigenvalue weighted by molar-refractivity contribution is -0.141. The predicted molar refractivity (Wildman–Crippen MR) is 121 cm³/mol. The van der Waals surface area contributed by atoms with Gasteiger partial charge in [-0.2, -0.15) is 14.7 Å². The molecule has 0 bridgehead atoms. The second kappa shape index (κ2) is 8.70. The fourth-order valence-corrected chi connectivity index (χ4v) is 3.76. The van der Waals surface area contributed by atoms with E-state index in [4.69, 9.17) is 19.6 Å². The molecule has 32 heavy (non-hydrogen) atoms. The van der Waals surface area contributed by atoms with E-state index in [-0.39, 0.29) is 5.97 Å². The monoisotopic (exact) mass is 434 g/mol. The summed E-state index contributed by atoms with van der Waals surface area (Å²) in [5, 5.41) is 12.3. The van der Waals surface area contributed by atoms with Gasteiger partial charge in [-0.3, -0.25) is 0 Å². The minimum absolute atomic E-state index is 0.324. The first-order valence-corrected chi connectivity index (χ1v) is 10.4. The Bertz CT molecular complexity index is 1260. The largest absolute Gasteiger partial charge is 0.496 e. The fraction of sp³-hybridized carbons (Fsp3) is 0.304. The number of ether oxygens (including phenoxy) is 2. The van der Waals surface area contributed by atoms with Crippen LogP contribution >= 0.6 is 0 Å². The lowest BCUT2D eigenvalue weighted by Gasteiger charge is -2.17. The fourth-order valence-electron chi connectivity index (χ4n) is 3.76. The van der Waals surface area contributed by atoms with Crippen molar-refractivity contribution in [2.75, 3.05) is 19.5 Å². The predicted octanol–water partition coefficient (Wildman–Crippen LogP) is 3.57. The van der Waals surface area contributed by atoms with Gasteiger partial charge >= 0.3 is 5.97 Å². The van der Waals surface area contributed by atoms with Gasteiger partial charge in [0.25, 0.3) is 0 Å². The maximum atomic E-state index is 12.1. The standard InChI is InChI=1S/C23H26N6O3/c1-6-18(23(30)32-5)26-20-12-14(2)25-22-21(15(3)27-29(20)22)17-9-8-16(13-19(17)31-4)28-11-7-10-24-28/h7-13,18,26H,6H2,1-5H3/t18-/m0/s1. The number of hydrogen-bond acceptors (Lipinski definition) is 7. The summed E-state index contributed by atoms with van der Waals surface area (Å²) in [7, 11) is 3.02. The number of fused-ring (bicyclic) bond motifs is 1. The zero-order chi connectivity index (χ0) is 22.8. The molecule has 0 aliphatic rings. The number of esters is 1. The van der Waals surface area contributed by atoms with E-state index in [0.29, 0.717) is 23.6 Å². The van der Waals surface area contributed by atoms with Crippen LogP contribution in [0, 0.1) is 13.8 Å². The van der Waals surface area contributed by atoms with Gasteiger partial charge in [-0.05, 0) is 38.5 Å². The molecular weight excluding hydrogens is 408 g/mol. The van der Waals surface area contributed by atoms with E-state index in [1.165, 1.54) is 7.11 Å². The van der Waals surface area contributed by atoms with Gasteiger partial charge in [0.05, 0.1) is 31.2 Å². The molecule has 0 unspecified atom stereocenters. The molecule has 3 aromatic heterocycles. The maximum absolute atomic E-state index is 12.1. The third kappa shape index (κ3) is 3.77. The molecule has 9 nitrogen and oxygen atoms in total. The van der Waals surface area contributed by atoms with Gasteiger partial charge in [0.2, 0.25) is 0 Å². The van der Waals surface area contributed by atoms with Crippen molar-refractivity contribution < 1.29 is 14.3 Å². The van der Waals surface area contributed by atoms with Crippen molar-refractivity contribution in [1.82, 2.24) is 24.4 Å². The zero-order valence-corrected chi connectivity index (χ0v) is 18.8. The third-order valence-electron chi connectivity index (χ3n) is 5.33. The van der Waals surface area contributed by atoms with Gasteiger partial charge in [0.15, 0.2) is 5.65 Å². The number of methoxy groups -OCH3 is 2. The second-order valence-electron chi connectivity index (χ2n) is 7.44. The topological polar surface area (TPSA) is 95.6 Å². The summed E-state index contributed by atoms with van der Waals surface area (Å²) in [6.45, 7) is 5.77. The van der Waals surface area contributed by atoms with Gasteiger partial charge in [-0.25, -0.2) is 14.5 Å². The molecule has 4 rings (SSSR count). The quantitative estimate of drug-likeness (QED) is 0.444. The molecule has 1 atom stereocenters. The smallest absolute Gasteiger partial charge is 0.328 e. The van der Waals surface area contributed by atoms with Crippen LogP contribution in [0.25, 0.3) is 22.5 Å². The summed E-state index contributed by atoms with van der Waals surface area (Å²) in [6, 6.07) is 9.15. The van der Waals surface area contributed by atoms with Crippen molar-refractivity contribution in [1.29, 1.82) is 0 Å². The lowest BCUT2D eigenvalue weighted by atomic mass is 10.0. The molecule has 3 heterocycles. The van der Waals surface area contributed by atoms with Crippen LogP contribution in [-0.4, -0.2) is 50.6 Å². The molecule has 0 spiro atoms. The third-order valence-corrected chi connectivity index (χ3v) is 5.33. The number of rotatable bonds is 7. The van der Waals surface area contributed by atoms with E-state index in [1.807, 2.05) is 57.3 Å². The van der Waals surface area contributed by atoms with Crippen LogP contribution in [0.4, 0.5) is 5.82 Å². The molecule has 1 N–H and O–H groups in total. The summed E-state index contributed by atoms with van der Waals surface area (Å²) in [5.41, 5.74) is 4.90. The van der Waals surface area contributed by atoms with Crippen LogP contribution in [0.3, 0.4) is 0 Å². The van der Waals surface area contributed by atoms with E-state index in [2.05, 4.69) is 10.4 Å². The average molecular weight is 435 g/mol. The summed E-state index contributed by atoms with van der Waals surface area (Å²) >= 11 is 0. The highest BCUT2D eigenvalue weighted by Gasteiger charge is 2.22. The van der Waals surface area contributed by atoms with Gasteiger partial charge < -0.3 is 14.8 Å². The number of aryl methyl sites for hydroxylation is 2. The van der Waals surface area contributed by atoms with Crippen molar-refractivity contribution in [3.8, 4) is 22.6 Å². The van der Waals surface area contributed by atoms with Crippen molar-refractivity contribution in [3.63, 3.8) is 0 Å². The minimum Gasteiger partial charge on any atom is -0.496 e. The maximum Gasteiger partial charge on any atom is 0.328 e. The molecule has 166 valence electrons. The molecule has 0 aliphatic carbocycles. The van der Waals surface area contributed by atoms with Crippen LogP contribution < -0.4 is 10.1 Å². The first kappa shape index (κ1) is 21.4. The molecule has 0 amide bonds. The highest BCUT2D eigenvalue weighted by atomic mass is 16.5. The van der Waals surface area contributed by atoms with Gasteiger partial charge in [-0.15, -0.1) is 0 Å². The molecular formula is C23H26N6O3. The number of benzene rings is 1. The Morgan fingerprint density at radius 3 is 2.69 bits per heavy atom. The number of anilines is 1. The summed E-state index contributed by atoms with van der Waals surface area (Å²) in [6.07, 6.45) is 4.18. The first-order chi connectivity index (χ1) is 15.5. The lowest BCUT2D eigenvalue weighted by Crippen LogP contribution is -2.30. The number of carbonyl (C=O) groups is 1. The number of nitrogens with one attached hydrogen (secondary N) is 1. The van der Waals surface area contributed by atoms with Crippen molar-refractivity contribution in [2.24, 2.45) is 0 Å². The Hall–Kier alpha value is -3.88. The van der Waals surface area contributed by atoms with Gasteiger partial charge in [0, 0.05) is 35.8 Å². The van der Waals surface area contributed by atoms with E-state index < -0.39 is 6.04 Å². The van der Waals surface area contributed by atoms with Crippen molar-refractivity contribution >= 4 is 17.4 Å². The van der Waals surface area contributed by atoms with Gasteiger partial charge in [-0.1, -0.05) is 6.92 Å². The Morgan fingerprint density at radius 1 is 1.22 bits per heavy atom. The first-order valence-electron chi connectivity index (χ1n) is 10.4. The SMILES string of the molecule is CC[C@H](Nc1cc(C)nc2c(-c3ccc(-n4cccn4)cc3OC)c(C)nn12)C(=O)OC. The zero-order valence-electron chi connectivity index (χ0n) is 18.8. The number of carbonyl (C=O) groups excluding carboxylic acids is 1. The normalized spacial score (nSPS) is 12.0. The molecule has 9 heteroatoms. The second-order valence-corrected chi connectivity index (χ2v) is 7.44. The number of nitrogens with zero attached hydrogens (tertiary/aromatic N) is 5. The minimum atomic E-state index is -0.485. The highest BCUT2D eigenvalue weighted by molar-refractivity contribution is 5.85. The Balaban J connectivity index is 1.85. The summed E-state index contributed by atoms with van der Waals surface area (Å²) in [5.74, 6) is 1.04. The van der Waals surface area contributed by atoms with Crippen molar-refractivity contribution in [2.45, 2.75) is 33.2 Å². The van der Waals surface area contributed by atoms with Crippen LogP contribution in [0.15, 0.2) is 42.7 Å². The molecule has 0 fully saturated rings. The molecule has 1 aromatic carbocycles. The van der Waals surface area contributed by atoms with Crippen LogP contribution in [0.1, 0.15) is 24.7 Å². The van der Waals surface area contributed by atoms with Gasteiger partial charge in [0.1, 0.15) is 17.6 Å². The molecule has 0 aliphatic heterocycles. The van der Waals surface area contributed by atoms with Crippen LogP contribution in [0.5, 0.6) is 5.75 Å². The average Bonchev–Trinajstić information content (AvgIpc) is 3.44. The Morgan fingerprint density at radius 2 is 2.03 bits per heavy atom. The van der Waals surface area contributed by atoms with Crippen LogP contribution in [0.2, 0.25) is 0 Å². The Kier molecular flexibility index (Phi) is 5.81. The number of aromatic nitrogens is 5. The molecule has 4 aromatic rings. The Labute approximate surface area is 186 Å². The van der Waals surface area contributed by atoms with E-state index in [9.17, 15) is 4.79 Å². The molecule has 0 radical (unpaired) electrons.